The number of carbonyl (C=O) groups is 1. The van der Waals surface area contributed by atoms with Gasteiger partial charge in [0, 0.05) is 5.69 Å². The molecule has 0 aliphatic rings. The lowest BCUT2D eigenvalue weighted by molar-refractivity contribution is 0.0947. The van der Waals surface area contributed by atoms with Crippen molar-refractivity contribution in [3.05, 3.63) is 47.4 Å². The first-order chi connectivity index (χ1) is 8.56. The van der Waals surface area contributed by atoms with Gasteiger partial charge < -0.3 is 15.5 Å². The maximum absolute atomic E-state index is 13.0. The number of oxazole rings is 1. The van der Waals surface area contributed by atoms with Crippen LogP contribution >= 0.6 is 0 Å². The highest BCUT2D eigenvalue weighted by Gasteiger charge is 2.11. The molecule has 0 fully saturated rings. The molecule has 0 unspecified atom stereocenters. The molecular formula is C12H12FN3O2. The van der Waals surface area contributed by atoms with Gasteiger partial charge in [0.25, 0.3) is 5.91 Å². The third kappa shape index (κ3) is 2.65. The zero-order chi connectivity index (χ0) is 13.1. The first kappa shape index (κ1) is 12.1. The van der Waals surface area contributed by atoms with E-state index in [0.29, 0.717) is 11.7 Å². The molecule has 2 rings (SSSR count). The lowest BCUT2D eigenvalue weighted by atomic mass is 10.1. The van der Waals surface area contributed by atoms with Crippen LogP contribution in [0.3, 0.4) is 0 Å². The molecule has 1 aromatic heterocycles. The van der Waals surface area contributed by atoms with Gasteiger partial charge in [0.05, 0.1) is 18.3 Å². The summed E-state index contributed by atoms with van der Waals surface area (Å²) in [5.74, 6) is 0.0597. The van der Waals surface area contributed by atoms with Crippen LogP contribution in [0.15, 0.2) is 28.8 Å². The van der Waals surface area contributed by atoms with Gasteiger partial charge >= 0.3 is 0 Å². The zero-order valence-electron chi connectivity index (χ0n) is 9.74. The molecule has 2 aromatic rings. The molecule has 0 spiro atoms. The van der Waals surface area contributed by atoms with E-state index in [-0.39, 0.29) is 17.8 Å². The molecule has 0 bridgehead atoms. The number of aryl methyl sites for hydroxylation is 1. The molecule has 0 atom stereocenters. The topological polar surface area (TPSA) is 81.2 Å². The van der Waals surface area contributed by atoms with Crippen molar-refractivity contribution in [2.24, 2.45) is 0 Å². The molecule has 0 saturated carbocycles. The summed E-state index contributed by atoms with van der Waals surface area (Å²) in [6, 6.07) is 3.63. The average Bonchev–Trinajstić information content (AvgIpc) is 2.75. The Hall–Kier alpha value is -2.37. The van der Waals surface area contributed by atoms with Crippen molar-refractivity contribution in [3.63, 3.8) is 0 Å². The van der Waals surface area contributed by atoms with Crippen LogP contribution in [0.1, 0.15) is 22.0 Å². The van der Waals surface area contributed by atoms with E-state index in [2.05, 4.69) is 10.3 Å². The lowest BCUT2D eigenvalue weighted by Crippen LogP contribution is -2.24. The van der Waals surface area contributed by atoms with Crippen LogP contribution < -0.4 is 11.1 Å². The van der Waals surface area contributed by atoms with Crippen LogP contribution in [0.25, 0.3) is 0 Å². The van der Waals surface area contributed by atoms with Gasteiger partial charge in [-0.25, -0.2) is 9.37 Å². The second-order valence-electron chi connectivity index (χ2n) is 3.78. The predicted octanol–water partition coefficient (Wildman–Crippen LogP) is 1.63. The standard InChI is InChI=1S/C12H12FN3O2/c1-7-5-15-11(18-7)6-16-12(17)9-4-8(13)2-3-10(9)14/h2-5H,6,14H2,1H3,(H,16,17). The molecule has 0 aliphatic carbocycles. The molecule has 1 aromatic carbocycles. The fourth-order valence-corrected chi connectivity index (χ4v) is 1.46. The van der Waals surface area contributed by atoms with Gasteiger partial charge in [-0.05, 0) is 25.1 Å². The molecule has 94 valence electrons. The van der Waals surface area contributed by atoms with Crippen molar-refractivity contribution in [2.45, 2.75) is 13.5 Å². The van der Waals surface area contributed by atoms with E-state index in [1.165, 1.54) is 12.1 Å². The Bertz CT molecular complexity index is 580. The summed E-state index contributed by atoms with van der Waals surface area (Å²) in [5.41, 5.74) is 5.91. The van der Waals surface area contributed by atoms with Crippen molar-refractivity contribution < 1.29 is 13.6 Å². The third-order valence-electron chi connectivity index (χ3n) is 2.33. The van der Waals surface area contributed by atoms with E-state index in [1.807, 2.05) is 0 Å². The van der Waals surface area contributed by atoms with Gasteiger partial charge in [0.2, 0.25) is 5.89 Å². The number of nitrogens with two attached hydrogens (primary N) is 1. The minimum atomic E-state index is -0.513. The highest BCUT2D eigenvalue weighted by atomic mass is 19.1. The number of benzene rings is 1. The number of nitrogens with one attached hydrogen (secondary N) is 1. The Morgan fingerprint density at radius 2 is 2.33 bits per heavy atom. The summed E-state index contributed by atoms with van der Waals surface area (Å²) in [5, 5.41) is 2.55. The normalized spacial score (nSPS) is 10.3. The molecule has 0 radical (unpaired) electrons. The second kappa shape index (κ2) is 4.87. The molecule has 6 heteroatoms. The van der Waals surface area contributed by atoms with Crippen LogP contribution in [-0.4, -0.2) is 10.9 Å². The van der Waals surface area contributed by atoms with Gasteiger partial charge in [-0.1, -0.05) is 0 Å². The van der Waals surface area contributed by atoms with Gasteiger partial charge in [0.1, 0.15) is 11.6 Å². The Kier molecular flexibility index (Phi) is 3.27. The van der Waals surface area contributed by atoms with Crippen molar-refractivity contribution >= 4 is 11.6 Å². The largest absolute Gasteiger partial charge is 0.444 e. The Morgan fingerprint density at radius 3 is 3.00 bits per heavy atom. The minimum Gasteiger partial charge on any atom is -0.444 e. The monoisotopic (exact) mass is 249 g/mol. The summed E-state index contributed by atoms with van der Waals surface area (Å²) in [6.07, 6.45) is 1.55. The highest BCUT2D eigenvalue weighted by Crippen LogP contribution is 2.13. The summed E-state index contributed by atoms with van der Waals surface area (Å²) in [4.78, 5) is 15.7. The number of rotatable bonds is 3. The molecule has 0 aliphatic heterocycles. The Morgan fingerprint density at radius 1 is 1.56 bits per heavy atom. The minimum absolute atomic E-state index is 0.0956. The molecule has 1 heterocycles. The smallest absolute Gasteiger partial charge is 0.253 e. The fourth-order valence-electron chi connectivity index (χ4n) is 1.46. The molecule has 3 N–H and O–H groups in total. The SMILES string of the molecule is Cc1cnc(CNC(=O)c2cc(F)ccc2N)o1. The van der Waals surface area contributed by atoms with Crippen LogP contribution in [0.4, 0.5) is 10.1 Å². The first-order valence-corrected chi connectivity index (χ1v) is 5.31. The van der Waals surface area contributed by atoms with Crippen molar-refractivity contribution in [1.82, 2.24) is 10.3 Å². The number of nitrogen functional groups attached to an aromatic ring is 1. The fraction of sp³-hybridized carbons (Fsp3) is 0.167. The van der Waals surface area contributed by atoms with E-state index >= 15 is 0 Å². The maximum atomic E-state index is 13.0. The van der Waals surface area contributed by atoms with Crippen LogP contribution in [0, 0.1) is 12.7 Å². The van der Waals surface area contributed by atoms with E-state index < -0.39 is 11.7 Å². The number of hydrogen-bond acceptors (Lipinski definition) is 4. The second-order valence-corrected chi connectivity index (χ2v) is 3.78. The molecular weight excluding hydrogens is 237 g/mol. The number of hydrogen-bond donors (Lipinski definition) is 2. The van der Waals surface area contributed by atoms with E-state index in [0.717, 1.165) is 6.07 Å². The molecule has 1 amide bonds. The molecule has 18 heavy (non-hydrogen) atoms. The van der Waals surface area contributed by atoms with Crippen LogP contribution in [0.5, 0.6) is 0 Å². The third-order valence-corrected chi connectivity index (χ3v) is 2.33. The van der Waals surface area contributed by atoms with Crippen LogP contribution in [0.2, 0.25) is 0 Å². The number of anilines is 1. The summed E-state index contributed by atoms with van der Waals surface area (Å²) in [6.45, 7) is 1.88. The van der Waals surface area contributed by atoms with Crippen molar-refractivity contribution in [3.8, 4) is 0 Å². The summed E-state index contributed by atoms with van der Waals surface area (Å²) in [7, 11) is 0. The van der Waals surface area contributed by atoms with E-state index in [9.17, 15) is 9.18 Å². The van der Waals surface area contributed by atoms with Gasteiger partial charge in [-0.15, -0.1) is 0 Å². The van der Waals surface area contributed by atoms with Crippen LogP contribution in [-0.2, 0) is 6.54 Å². The number of nitrogens with zero attached hydrogens (tertiary/aromatic N) is 1. The quantitative estimate of drug-likeness (QED) is 0.810. The van der Waals surface area contributed by atoms with E-state index in [1.54, 1.807) is 13.1 Å². The Balaban J connectivity index is 2.05. The Labute approximate surface area is 103 Å². The van der Waals surface area contributed by atoms with Gasteiger partial charge in [-0.2, -0.15) is 0 Å². The summed E-state index contributed by atoms with van der Waals surface area (Å²) < 4.78 is 18.2. The maximum Gasteiger partial charge on any atom is 0.253 e. The number of halogens is 1. The number of aromatic nitrogens is 1. The zero-order valence-corrected chi connectivity index (χ0v) is 9.74. The molecule has 5 nitrogen and oxygen atoms in total. The van der Waals surface area contributed by atoms with Gasteiger partial charge in [0.15, 0.2) is 0 Å². The number of amides is 1. The number of carbonyl (C=O) groups excluding carboxylic acids is 1. The first-order valence-electron chi connectivity index (χ1n) is 5.31. The highest BCUT2D eigenvalue weighted by molar-refractivity contribution is 5.99. The van der Waals surface area contributed by atoms with Gasteiger partial charge in [-0.3, -0.25) is 4.79 Å². The lowest BCUT2D eigenvalue weighted by Gasteiger charge is -2.05. The predicted molar refractivity (Wildman–Crippen MR) is 63.2 cm³/mol. The van der Waals surface area contributed by atoms with Crippen molar-refractivity contribution in [1.29, 1.82) is 0 Å². The average molecular weight is 249 g/mol. The van der Waals surface area contributed by atoms with Crippen molar-refractivity contribution in [2.75, 3.05) is 5.73 Å². The molecule has 0 saturated heterocycles. The van der Waals surface area contributed by atoms with E-state index in [4.69, 9.17) is 10.2 Å². The summed E-state index contributed by atoms with van der Waals surface area (Å²) >= 11 is 0.